The van der Waals surface area contributed by atoms with Crippen LogP contribution in [0.4, 0.5) is 0 Å². The second-order valence-electron chi connectivity index (χ2n) is 4.34. The van der Waals surface area contributed by atoms with Crippen molar-refractivity contribution in [3.05, 3.63) is 16.3 Å². The lowest BCUT2D eigenvalue weighted by atomic mass is 10.3. The van der Waals surface area contributed by atoms with E-state index in [4.69, 9.17) is 5.73 Å². The predicted octanol–water partition coefficient (Wildman–Crippen LogP) is 1.77. The summed E-state index contributed by atoms with van der Waals surface area (Å²) in [5, 5.41) is 2.16. The van der Waals surface area contributed by atoms with E-state index >= 15 is 0 Å². The van der Waals surface area contributed by atoms with Gasteiger partial charge in [-0.05, 0) is 30.5 Å². The molecule has 102 valence electrons. The van der Waals surface area contributed by atoms with Gasteiger partial charge in [0, 0.05) is 22.7 Å². The lowest BCUT2D eigenvalue weighted by molar-refractivity contribution is 0.555. The number of hydrogen-bond donors (Lipinski definition) is 2. The zero-order valence-electron chi connectivity index (χ0n) is 10.3. The molecule has 1 aliphatic rings. The third-order valence-electron chi connectivity index (χ3n) is 3.24. The number of nitrogens with two attached hydrogens (primary N) is 1. The van der Waals surface area contributed by atoms with Crippen molar-refractivity contribution in [3.63, 3.8) is 0 Å². The van der Waals surface area contributed by atoms with Crippen molar-refractivity contribution in [2.24, 2.45) is 5.73 Å². The molecule has 0 aliphatic heterocycles. The molecular formula is C11H18N2O2S3. The molecule has 2 rings (SSSR count). The largest absolute Gasteiger partial charge is 0.326 e. The Labute approximate surface area is 116 Å². The fourth-order valence-electron chi connectivity index (χ4n) is 2.32. The van der Waals surface area contributed by atoms with Crippen molar-refractivity contribution in [2.45, 2.75) is 42.0 Å². The molecule has 1 aliphatic carbocycles. The molecule has 1 fully saturated rings. The lowest BCUT2D eigenvalue weighted by Crippen LogP contribution is -2.38. The van der Waals surface area contributed by atoms with Crippen LogP contribution >= 0.6 is 23.1 Å². The maximum Gasteiger partial charge on any atom is 0.242 e. The maximum absolute atomic E-state index is 12.3. The van der Waals surface area contributed by atoms with E-state index in [0.29, 0.717) is 10.1 Å². The van der Waals surface area contributed by atoms with E-state index in [1.54, 1.807) is 23.2 Å². The quantitative estimate of drug-likeness (QED) is 0.869. The average Bonchev–Trinajstić information content (AvgIpc) is 2.95. The van der Waals surface area contributed by atoms with Crippen LogP contribution in [0.15, 0.2) is 16.3 Å². The predicted molar refractivity (Wildman–Crippen MR) is 77.5 cm³/mol. The van der Waals surface area contributed by atoms with Crippen molar-refractivity contribution >= 4 is 33.1 Å². The van der Waals surface area contributed by atoms with Gasteiger partial charge in [0.05, 0.1) is 4.90 Å². The summed E-state index contributed by atoms with van der Waals surface area (Å²) in [5.41, 5.74) is 5.57. The Morgan fingerprint density at radius 2 is 2.33 bits per heavy atom. The van der Waals surface area contributed by atoms with Crippen LogP contribution in [0.3, 0.4) is 0 Å². The summed E-state index contributed by atoms with van der Waals surface area (Å²) in [6, 6.07) is 1.69. The van der Waals surface area contributed by atoms with Crippen molar-refractivity contribution in [1.29, 1.82) is 0 Å². The topological polar surface area (TPSA) is 72.2 Å². The minimum atomic E-state index is -3.42. The highest BCUT2D eigenvalue weighted by Crippen LogP contribution is 2.30. The average molecular weight is 306 g/mol. The van der Waals surface area contributed by atoms with Crippen LogP contribution in [0.25, 0.3) is 0 Å². The molecule has 0 aromatic carbocycles. The smallest absolute Gasteiger partial charge is 0.242 e. The van der Waals surface area contributed by atoms with E-state index in [1.807, 2.05) is 6.26 Å². The Morgan fingerprint density at radius 1 is 1.56 bits per heavy atom. The first-order valence-electron chi connectivity index (χ1n) is 5.90. The van der Waals surface area contributed by atoms with Gasteiger partial charge >= 0.3 is 0 Å². The Kier molecular flexibility index (Phi) is 4.71. The first-order chi connectivity index (χ1) is 8.58. The molecule has 2 atom stereocenters. The molecular weight excluding hydrogens is 288 g/mol. The molecule has 0 radical (unpaired) electrons. The molecule has 0 spiro atoms. The number of thioether (sulfide) groups is 1. The first kappa shape index (κ1) is 14.3. The van der Waals surface area contributed by atoms with Gasteiger partial charge < -0.3 is 5.73 Å². The summed E-state index contributed by atoms with van der Waals surface area (Å²) < 4.78 is 27.5. The van der Waals surface area contributed by atoms with E-state index in [-0.39, 0.29) is 12.6 Å². The van der Waals surface area contributed by atoms with Crippen LogP contribution in [0.2, 0.25) is 0 Å². The summed E-state index contributed by atoms with van der Waals surface area (Å²) in [6.45, 7) is 0.268. The lowest BCUT2D eigenvalue weighted by Gasteiger charge is -2.19. The van der Waals surface area contributed by atoms with Crippen LogP contribution in [-0.2, 0) is 16.6 Å². The van der Waals surface area contributed by atoms with Gasteiger partial charge in [-0.15, -0.1) is 11.3 Å². The fraction of sp³-hybridized carbons (Fsp3) is 0.636. The highest BCUT2D eigenvalue weighted by atomic mass is 32.2. The van der Waals surface area contributed by atoms with E-state index in [9.17, 15) is 8.42 Å². The molecule has 1 aromatic rings. The third-order valence-corrected chi connectivity index (χ3v) is 7.06. The summed E-state index contributed by atoms with van der Waals surface area (Å²) in [4.78, 5) is 1.07. The van der Waals surface area contributed by atoms with Crippen molar-refractivity contribution < 1.29 is 8.42 Å². The van der Waals surface area contributed by atoms with E-state index in [2.05, 4.69) is 4.72 Å². The molecule has 1 aromatic heterocycles. The zero-order chi connectivity index (χ0) is 13.2. The molecule has 18 heavy (non-hydrogen) atoms. The van der Waals surface area contributed by atoms with Gasteiger partial charge in [-0.25, -0.2) is 13.1 Å². The summed E-state index contributed by atoms with van der Waals surface area (Å²) in [6.07, 6.45) is 5.13. The van der Waals surface area contributed by atoms with Gasteiger partial charge in [-0.1, -0.05) is 6.42 Å². The van der Waals surface area contributed by atoms with Gasteiger partial charge in [-0.2, -0.15) is 11.8 Å². The summed E-state index contributed by atoms with van der Waals surface area (Å²) in [7, 11) is -3.42. The normalized spacial score (nSPS) is 24.6. The number of thiophene rings is 1. The minimum Gasteiger partial charge on any atom is -0.326 e. The van der Waals surface area contributed by atoms with Crippen LogP contribution in [0.1, 0.15) is 24.1 Å². The molecule has 1 saturated carbocycles. The van der Waals surface area contributed by atoms with Gasteiger partial charge in [0.2, 0.25) is 10.0 Å². The van der Waals surface area contributed by atoms with Crippen LogP contribution in [0, 0.1) is 0 Å². The highest BCUT2D eigenvalue weighted by molar-refractivity contribution is 7.99. The Bertz CT molecular complexity index is 498. The number of sulfonamides is 1. The van der Waals surface area contributed by atoms with Crippen LogP contribution in [-0.4, -0.2) is 26.0 Å². The molecule has 0 saturated heterocycles. The second kappa shape index (κ2) is 5.92. The Morgan fingerprint density at radius 3 is 3.00 bits per heavy atom. The molecule has 1 heterocycles. The van der Waals surface area contributed by atoms with Crippen LogP contribution in [0.5, 0.6) is 0 Å². The van der Waals surface area contributed by atoms with Gasteiger partial charge in [0.15, 0.2) is 0 Å². The van der Waals surface area contributed by atoms with E-state index in [1.165, 1.54) is 11.3 Å². The minimum absolute atomic E-state index is 0.0514. The SMILES string of the molecule is CSC1CCCC1NS(=O)(=O)c1ccsc1CN. The summed E-state index contributed by atoms with van der Waals surface area (Å²) >= 11 is 3.13. The molecule has 0 amide bonds. The number of nitrogens with one attached hydrogen (secondary N) is 1. The first-order valence-corrected chi connectivity index (χ1v) is 9.55. The standard InChI is InChI=1S/C11H18N2O2S3/c1-16-9-4-2-3-8(9)13-18(14,15)11-5-6-17-10(11)7-12/h5-6,8-9,13H,2-4,7,12H2,1H3. The second-order valence-corrected chi connectivity index (χ2v) is 8.10. The van der Waals surface area contributed by atoms with Crippen molar-refractivity contribution in [2.75, 3.05) is 6.26 Å². The van der Waals surface area contributed by atoms with Crippen LogP contribution < -0.4 is 10.5 Å². The number of rotatable bonds is 5. The molecule has 3 N–H and O–H groups in total. The van der Waals surface area contributed by atoms with Gasteiger partial charge in [0.1, 0.15) is 0 Å². The molecule has 2 unspecified atom stereocenters. The summed E-state index contributed by atoms with van der Waals surface area (Å²) in [5.74, 6) is 0. The maximum atomic E-state index is 12.3. The van der Waals surface area contributed by atoms with Gasteiger partial charge in [-0.3, -0.25) is 0 Å². The molecule has 7 heteroatoms. The molecule has 0 bridgehead atoms. The Hall–Kier alpha value is -0.0800. The van der Waals surface area contributed by atoms with E-state index in [0.717, 1.165) is 24.1 Å². The zero-order valence-corrected chi connectivity index (χ0v) is 12.7. The van der Waals surface area contributed by atoms with Gasteiger partial charge in [0.25, 0.3) is 0 Å². The fourth-order valence-corrected chi connectivity index (χ4v) is 5.99. The Balaban J connectivity index is 2.17. The number of hydrogen-bond acceptors (Lipinski definition) is 5. The van der Waals surface area contributed by atoms with Crippen molar-refractivity contribution in [1.82, 2.24) is 4.72 Å². The molecule has 4 nitrogen and oxygen atoms in total. The third kappa shape index (κ3) is 2.91. The van der Waals surface area contributed by atoms with E-state index < -0.39 is 10.0 Å². The monoisotopic (exact) mass is 306 g/mol. The van der Waals surface area contributed by atoms with Crippen molar-refractivity contribution in [3.8, 4) is 0 Å². The highest BCUT2D eigenvalue weighted by Gasteiger charge is 2.31.